The number of furan rings is 4. The summed E-state index contributed by atoms with van der Waals surface area (Å²) in [6, 6.07) is 109. The molecule has 0 aliphatic rings. The lowest BCUT2D eigenvalue weighted by Crippen LogP contribution is -2.30. The Morgan fingerprint density at radius 3 is 1.37 bits per heavy atom. The van der Waals surface area contributed by atoms with Crippen molar-refractivity contribution in [2.45, 2.75) is 0 Å². The van der Waals surface area contributed by atoms with E-state index in [1.165, 1.54) is 51.1 Å². The number of fused-ring (bicyclic) bond motifs is 26. The Hall–Kier alpha value is -13.7. The molecule has 0 atom stereocenters. The lowest BCUT2D eigenvalue weighted by molar-refractivity contribution is 0.424. The van der Waals surface area contributed by atoms with Crippen LogP contribution in [0.1, 0.15) is 0 Å². The van der Waals surface area contributed by atoms with Gasteiger partial charge in [-0.25, -0.2) is 0 Å². The minimum Gasteiger partial charge on any atom is -0.537 e. The number of hydrogen-bond acceptors (Lipinski definition) is 22. The molecular weight excluding hydrogens is 1690 g/mol. The van der Waals surface area contributed by atoms with Crippen LogP contribution in [0.15, 0.2) is 370 Å². The van der Waals surface area contributed by atoms with Crippen LogP contribution in [-0.2, 0) is 0 Å². The van der Waals surface area contributed by atoms with Crippen molar-refractivity contribution in [3.8, 4) is 16.9 Å². The van der Waals surface area contributed by atoms with E-state index in [1.54, 1.807) is 107 Å². The number of nitrogens with zero attached hydrogens (tertiary/aromatic N) is 1. The maximum atomic E-state index is 9.62. The van der Waals surface area contributed by atoms with Crippen molar-refractivity contribution in [3.63, 3.8) is 0 Å². The quantitative estimate of drug-likeness (QED) is 0.0597. The summed E-state index contributed by atoms with van der Waals surface area (Å²) < 4.78 is 34.9. The first-order valence-corrected chi connectivity index (χ1v) is 43.7. The van der Waals surface area contributed by atoms with Crippen molar-refractivity contribution >= 4 is 298 Å². The number of hydrogen-bond donors (Lipinski definition) is 13. The summed E-state index contributed by atoms with van der Waals surface area (Å²) in [6.45, 7) is 0. The van der Waals surface area contributed by atoms with Crippen LogP contribution in [-0.4, -0.2) is 121 Å². The summed E-state index contributed by atoms with van der Waals surface area (Å²) in [5, 5.41) is 142. The standard InChI is InChI=1S/C17H12BNO2S.C16H11BO3.C16H11BO2S.C16H10BO2S.3C12H9BO3/c20-18(21)12-6-7-16-15(9-12)14-5-1-4-13(17(14)22-16)11-3-2-8-19-10-11;18-17(19)12-5-6-15-14(9-12)13-7-10-3-1-2-4-11(10)8-16(13)20-15;18-17(19)13-9-15-16(11-6-2-1-5-10(11)13)12-7-3-4-8-14(12)20-15;18-17-19-11-6-8-14-13(9-11)16-12-4-2-1-3-10(12)5-7-15(16)20-14;14-13(15)10-6-3-5-9-8-4-1-2-7-11(8)16-12(9)10;14-13(15)8-5-6-12-10(7-8)9-3-1-2-4-11(9)16-12;14-13(15)8-5-6-10-9-3-1-2-4-11(9)16-12(10)7-8/h1-10,20-21H;2*1-9,18-19H;1-9,18H;3*1-7,14-15H. The molecule has 25 aromatic rings. The van der Waals surface area contributed by atoms with Gasteiger partial charge < -0.3 is 87.6 Å². The summed E-state index contributed by atoms with van der Waals surface area (Å²) in [4.78, 5) is 4.20. The molecule has 29 heteroatoms. The molecule has 17 aromatic carbocycles. The van der Waals surface area contributed by atoms with E-state index in [1.807, 2.05) is 200 Å². The zero-order chi connectivity index (χ0) is 89.4. The van der Waals surface area contributed by atoms with Crippen LogP contribution in [0.25, 0.3) is 192 Å². The van der Waals surface area contributed by atoms with Gasteiger partial charge in [-0.15, -0.1) is 34.0 Å². The fourth-order valence-electron chi connectivity index (χ4n) is 16.6. The number of rotatable bonds is 9. The summed E-state index contributed by atoms with van der Waals surface area (Å²) in [5.74, 6) is 0.646. The number of thiophene rings is 3. The molecule has 13 N–H and O–H groups in total. The first-order chi connectivity index (χ1) is 63.4. The van der Waals surface area contributed by atoms with E-state index in [9.17, 15) is 40.2 Å². The molecule has 0 aliphatic carbocycles. The molecule has 8 heterocycles. The van der Waals surface area contributed by atoms with Crippen LogP contribution in [0.2, 0.25) is 0 Å². The van der Waals surface area contributed by atoms with Gasteiger partial charge in [0.25, 0.3) is 0 Å². The van der Waals surface area contributed by atoms with Gasteiger partial charge >= 0.3 is 50.4 Å². The summed E-state index contributed by atoms with van der Waals surface area (Å²) >= 11 is 5.17. The normalized spacial score (nSPS) is 11.3. The van der Waals surface area contributed by atoms with E-state index < -0.39 is 42.7 Å². The predicted octanol–water partition coefficient (Wildman–Crippen LogP) is 16.0. The Kier molecular flexibility index (Phi) is 24.5. The number of para-hydroxylation sites is 4. The lowest BCUT2D eigenvalue weighted by atomic mass is 9.76. The first kappa shape index (κ1) is 85.7. The highest BCUT2D eigenvalue weighted by Crippen LogP contribution is 2.43. The van der Waals surface area contributed by atoms with Crippen molar-refractivity contribution in [3.05, 3.63) is 352 Å². The first-order valence-electron chi connectivity index (χ1n) is 41.3. The van der Waals surface area contributed by atoms with E-state index in [0.717, 1.165) is 129 Å². The third-order valence-corrected chi connectivity index (χ3v) is 26.3. The molecule has 1 radical (unpaired) electrons. The van der Waals surface area contributed by atoms with E-state index in [4.69, 9.17) is 47.4 Å². The Balaban J connectivity index is 0.0000000986. The van der Waals surface area contributed by atoms with Crippen molar-refractivity contribution in [2.75, 3.05) is 0 Å². The number of benzene rings is 17. The third kappa shape index (κ3) is 17.2. The molecule has 0 unspecified atom stereocenters. The maximum absolute atomic E-state index is 9.62. The zero-order valence-corrected chi connectivity index (χ0v) is 71.0. The molecule has 0 saturated carbocycles. The molecule has 130 heavy (non-hydrogen) atoms. The SMILES string of the molecule is OB(O)c1cc2sc3ccccc3c2c2ccccc12.OB(O)c1ccc2c(c1)oc1ccccc12.OB(O)c1ccc2oc3cc4ccccc4cc3c2c1.OB(O)c1ccc2oc3ccccc3c2c1.OB(O)c1ccc2sc3c(-c4cccnc4)cccc3c2c1.OB(O)c1cccc2c1oc1ccccc12.O[B]Oc1ccc2sc3ccc4ccccc4c3c2c1. The number of pyridine rings is 1. The molecular formula is C101H71B7NO18S3. The van der Waals surface area contributed by atoms with Gasteiger partial charge in [0.2, 0.25) is 0 Å². The van der Waals surface area contributed by atoms with Gasteiger partial charge in [-0.3, -0.25) is 4.98 Å². The second-order valence-electron chi connectivity index (χ2n) is 30.7. The second-order valence-corrected chi connectivity index (χ2v) is 34.0. The van der Waals surface area contributed by atoms with Gasteiger partial charge in [0.05, 0.1) is 0 Å². The summed E-state index contributed by atoms with van der Waals surface area (Å²) in [7, 11) is -8.06. The van der Waals surface area contributed by atoms with Gasteiger partial charge in [-0.2, -0.15) is 0 Å². The highest BCUT2D eigenvalue weighted by atomic mass is 32.1. The van der Waals surface area contributed by atoms with E-state index in [-0.39, 0.29) is 0 Å². The lowest BCUT2D eigenvalue weighted by Gasteiger charge is -2.07. The summed E-state index contributed by atoms with van der Waals surface area (Å²) in [5.41, 5.74) is 11.0. The molecule has 0 spiro atoms. The van der Waals surface area contributed by atoms with Crippen molar-refractivity contribution < 1.29 is 87.6 Å². The highest BCUT2D eigenvalue weighted by Gasteiger charge is 2.24. The van der Waals surface area contributed by atoms with Gasteiger partial charge in [0.15, 0.2) is 0 Å². The van der Waals surface area contributed by atoms with E-state index in [0.29, 0.717) is 57.4 Å². The van der Waals surface area contributed by atoms with Crippen LogP contribution >= 0.6 is 34.0 Å². The van der Waals surface area contributed by atoms with E-state index >= 15 is 0 Å². The minimum atomic E-state index is -1.51. The van der Waals surface area contributed by atoms with Gasteiger partial charge in [-0.1, -0.05) is 243 Å². The predicted molar refractivity (Wildman–Crippen MR) is 536 cm³/mol. The Bertz CT molecular complexity index is 8490. The fraction of sp³-hybridized carbons (Fsp3) is 0. The molecule has 25 rings (SSSR count). The van der Waals surface area contributed by atoms with Crippen LogP contribution in [0.4, 0.5) is 0 Å². The van der Waals surface area contributed by atoms with Gasteiger partial charge in [0, 0.05) is 127 Å². The van der Waals surface area contributed by atoms with Crippen molar-refractivity contribution in [1.82, 2.24) is 4.98 Å². The molecule has 0 amide bonds. The van der Waals surface area contributed by atoms with Gasteiger partial charge in [-0.05, 0) is 162 Å². The number of aromatic nitrogens is 1. The average molecular weight is 1760 g/mol. The molecule has 8 aromatic heterocycles. The highest BCUT2D eigenvalue weighted by molar-refractivity contribution is 7.27. The third-order valence-electron chi connectivity index (χ3n) is 22.8. The molecule has 627 valence electrons. The average Bonchev–Trinajstić information content (AvgIpc) is 1.58. The maximum Gasteiger partial charge on any atom is 0.569 e. The second kappa shape index (κ2) is 37.2. The molecule has 0 fully saturated rings. The van der Waals surface area contributed by atoms with Crippen molar-refractivity contribution in [2.24, 2.45) is 0 Å². The van der Waals surface area contributed by atoms with Crippen LogP contribution < -0.4 is 37.4 Å². The van der Waals surface area contributed by atoms with Crippen molar-refractivity contribution in [1.29, 1.82) is 0 Å². The molecule has 0 aliphatic heterocycles. The minimum absolute atomic E-state index is 0.397. The molecule has 19 nitrogen and oxygen atoms in total. The van der Waals surface area contributed by atoms with Crippen LogP contribution in [0.3, 0.4) is 0 Å². The molecule has 0 bridgehead atoms. The smallest absolute Gasteiger partial charge is 0.537 e. The fourth-order valence-corrected chi connectivity index (χ4v) is 20.1. The van der Waals surface area contributed by atoms with E-state index in [2.05, 4.69) is 83.8 Å². The zero-order valence-electron chi connectivity index (χ0n) is 68.6. The van der Waals surface area contributed by atoms with Gasteiger partial charge in [0.1, 0.15) is 50.4 Å². The summed E-state index contributed by atoms with van der Waals surface area (Å²) in [6.07, 6.45) is 3.63. The monoisotopic (exact) mass is 1760 g/mol. The largest absolute Gasteiger partial charge is 0.569 e. The topological polar surface area (TPSA) is 338 Å². The van der Waals surface area contributed by atoms with Crippen LogP contribution in [0, 0.1) is 0 Å². The molecule has 0 saturated heterocycles. The van der Waals surface area contributed by atoms with Crippen LogP contribution in [0.5, 0.6) is 5.75 Å². The Morgan fingerprint density at radius 2 is 0.715 bits per heavy atom. The Labute approximate surface area is 754 Å². The Morgan fingerprint density at radius 1 is 0.262 bits per heavy atom.